The molecule has 2 heteroatoms. The number of anilines is 1. The van der Waals surface area contributed by atoms with Crippen LogP contribution in [0.1, 0.15) is 22.2 Å². The van der Waals surface area contributed by atoms with Gasteiger partial charge in [0, 0.05) is 21.1 Å². The summed E-state index contributed by atoms with van der Waals surface area (Å²) in [4.78, 5) is 12.5. The molecule has 1 amide bonds. The maximum atomic E-state index is 10.9. The largest absolute Gasteiger partial charge is 0.316 e. The molecule has 0 saturated carbocycles. The zero-order valence-electron chi connectivity index (χ0n) is 8.74. The Morgan fingerprint density at radius 2 is 1.69 bits per heavy atom. The lowest BCUT2D eigenvalue weighted by atomic mass is 10.3. The molecule has 0 aliphatic heterocycles. The van der Waals surface area contributed by atoms with Crippen LogP contribution in [0, 0.1) is 0 Å². The van der Waals surface area contributed by atoms with Crippen LogP contribution < -0.4 is 4.90 Å². The Bertz CT molecular complexity index is 249. The molecule has 74 valence electrons. The monoisotopic (exact) mass is 182 g/mol. The summed E-state index contributed by atoms with van der Waals surface area (Å²) in [5.74, 6) is 0.0520. The van der Waals surface area contributed by atoms with Crippen LogP contribution in [-0.4, -0.2) is 13.0 Å². The van der Waals surface area contributed by atoms with Crippen LogP contribution >= 0.6 is 0 Å². The molecule has 2 nitrogen and oxygen atoms in total. The van der Waals surface area contributed by atoms with Gasteiger partial charge in [-0.3, -0.25) is 4.79 Å². The molecule has 13 heavy (non-hydrogen) atoms. The molecule has 0 unspecified atom stereocenters. The fourth-order valence-corrected chi connectivity index (χ4v) is 0.833. The van der Waals surface area contributed by atoms with E-state index in [9.17, 15) is 4.79 Å². The van der Waals surface area contributed by atoms with Crippen molar-refractivity contribution in [2.24, 2.45) is 0 Å². The molecule has 1 aromatic carbocycles. The van der Waals surface area contributed by atoms with E-state index in [1.807, 2.05) is 44.2 Å². The molecule has 0 aliphatic carbocycles. The smallest absolute Gasteiger partial charge is 0.223 e. The molecule has 0 bridgehead atoms. The predicted molar refractivity (Wildman–Crippen MR) is 59.0 cm³/mol. The third-order valence-corrected chi connectivity index (χ3v) is 1.62. The van der Waals surface area contributed by atoms with E-state index in [4.69, 9.17) is 0 Å². The molecular formula is C11H19NO. The third kappa shape index (κ3) is 3.74. The Morgan fingerprint density at radius 3 is 2.08 bits per heavy atom. The summed E-state index contributed by atoms with van der Waals surface area (Å²) in [6.45, 7) is 5.55. The molecule has 1 aromatic rings. The minimum atomic E-state index is 0. The van der Waals surface area contributed by atoms with Gasteiger partial charge >= 0.3 is 0 Å². The summed E-state index contributed by atoms with van der Waals surface area (Å²) >= 11 is 0. The van der Waals surface area contributed by atoms with Gasteiger partial charge in [-0.2, -0.15) is 0 Å². The number of hydrogen-bond acceptors (Lipinski definition) is 1. The Labute approximate surface area is 81.7 Å². The van der Waals surface area contributed by atoms with E-state index in [2.05, 4.69) is 0 Å². The van der Waals surface area contributed by atoms with Crippen molar-refractivity contribution >= 4 is 11.6 Å². The molecule has 0 fully saturated rings. The van der Waals surface area contributed by atoms with Crippen molar-refractivity contribution in [2.75, 3.05) is 11.9 Å². The van der Waals surface area contributed by atoms with Crippen molar-refractivity contribution in [3.05, 3.63) is 30.3 Å². The molecular weight excluding hydrogens is 162 g/mol. The van der Waals surface area contributed by atoms with Crippen LogP contribution in [0.5, 0.6) is 0 Å². The number of carbonyl (C=O) groups excluding carboxylic acids is 1. The zero-order valence-corrected chi connectivity index (χ0v) is 8.74. The van der Waals surface area contributed by atoms with Gasteiger partial charge in [0.15, 0.2) is 0 Å². The first kappa shape index (κ1) is 11.7. The highest BCUT2D eigenvalue weighted by Gasteiger charge is 2.02. The highest BCUT2D eigenvalue weighted by Crippen LogP contribution is 2.10. The van der Waals surface area contributed by atoms with Gasteiger partial charge in [-0.15, -0.1) is 0 Å². The van der Waals surface area contributed by atoms with E-state index in [0.29, 0.717) is 0 Å². The number of benzene rings is 1. The van der Waals surface area contributed by atoms with Crippen LogP contribution in [0.3, 0.4) is 0 Å². The third-order valence-electron chi connectivity index (χ3n) is 1.62. The first-order chi connectivity index (χ1) is 6.22. The summed E-state index contributed by atoms with van der Waals surface area (Å²) in [6, 6.07) is 9.56. The highest BCUT2D eigenvalue weighted by molar-refractivity contribution is 5.90. The number of para-hydroxylation sites is 1. The lowest BCUT2D eigenvalue weighted by Gasteiger charge is -2.13. The Balaban J connectivity index is 0. The van der Waals surface area contributed by atoms with E-state index in [-0.39, 0.29) is 7.33 Å². The fourth-order valence-electron chi connectivity index (χ4n) is 0.833. The second-order valence-corrected chi connectivity index (χ2v) is 2.41. The molecule has 0 N–H and O–H groups in total. The van der Waals surface area contributed by atoms with Crippen LogP contribution in [-0.2, 0) is 4.79 Å². The van der Waals surface area contributed by atoms with E-state index in [1.54, 1.807) is 18.9 Å². The molecule has 0 spiro atoms. The molecule has 0 atom stereocenters. The summed E-state index contributed by atoms with van der Waals surface area (Å²) in [6.07, 6.45) is 0. The van der Waals surface area contributed by atoms with E-state index in [1.165, 1.54) is 0 Å². The second kappa shape index (κ2) is 6.23. The van der Waals surface area contributed by atoms with Gasteiger partial charge in [-0.1, -0.05) is 32.0 Å². The maximum Gasteiger partial charge on any atom is 0.223 e. The number of amides is 1. The SMILES string of the molecule is CC.CC(=O)N(C)c1ccccc1.[2HH]. The van der Waals surface area contributed by atoms with Crippen molar-refractivity contribution in [1.82, 2.24) is 0 Å². The van der Waals surface area contributed by atoms with E-state index < -0.39 is 0 Å². The van der Waals surface area contributed by atoms with Gasteiger partial charge < -0.3 is 4.90 Å². The van der Waals surface area contributed by atoms with Gasteiger partial charge in [0.1, 0.15) is 0 Å². The van der Waals surface area contributed by atoms with Gasteiger partial charge in [0.05, 0.1) is 0 Å². The summed E-state index contributed by atoms with van der Waals surface area (Å²) in [5, 5.41) is 0. The topological polar surface area (TPSA) is 20.3 Å². The van der Waals surface area contributed by atoms with E-state index >= 15 is 0 Å². The quantitative estimate of drug-likeness (QED) is 0.654. The average molecular weight is 182 g/mol. The molecule has 0 aromatic heterocycles. The van der Waals surface area contributed by atoms with Crippen LogP contribution in [0.25, 0.3) is 0 Å². The first-order valence-corrected chi connectivity index (χ1v) is 4.51. The molecule has 1 rings (SSSR count). The van der Waals surface area contributed by atoms with Gasteiger partial charge in [0.2, 0.25) is 5.91 Å². The van der Waals surface area contributed by atoms with Gasteiger partial charge in [-0.05, 0) is 12.1 Å². The van der Waals surface area contributed by atoms with Crippen LogP contribution in [0.4, 0.5) is 5.69 Å². The average Bonchev–Trinajstić information content (AvgIpc) is 2.21. The van der Waals surface area contributed by atoms with Crippen LogP contribution in [0.15, 0.2) is 30.3 Å². The Morgan fingerprint density at radius 1 is 1.23 bits per heavy atom. The zero-order chi connectivity index (χ0) is 10.3. The number of carbonyl (C=O) groups is 1. The second-order valence-electron chi connectivity index (χ2n) is 2.41. The van der Waals surface area contributed by atoms with Gasteiger partial charge in [0.25, 0.3) is 0 Å². The fraction of sp³-hybridized carbons (Fsp3) is 0.364. The summed E-state index contributed by atoms with van der Waals surface area (Å²) in [5.41, 5.74) is 0.931. The van der Waals surface area contributed by atoms with Crippen molar-refractivity contribution < 1.29 is 6.22 Å². The summed E-state index contributed by atoms with van der Waals surface area (Å²) < 4.78 is 0. The molecule has 0 radical (unpaired) electrons. The lowest BCUT2D eigenvalue weighted by molar-refractivity contribution is -0.116. The number of rotatable bonds is 1. The predicted octanol–water partition coefficient (Wildman–Crippen LogP) is 2.94. The minimum Gasteiger partial charge on any atom is -0.316 e. The number of nitrogens with zero attached hydrogens (tertiary/aromatic N) is 1. The normalized spacial score (nSPS) is 8.31. The van der Waals surface area contributed by atoms with Crippen molar-refractivity contribution in [2.45, 2.75) is 20.8 Å². The Hall–Kier alpha value is -1.31. The van der Waals surface area contributed by atoms with Crippen molar-refractivity contribution in [1.29, 1.82) is 0 Å². The standard InChI is InChI=1S/C9H11NO.C2H6.H2/c1-8(11)10(2)9-6-4-3-5-7-9;1-2;/h3-7H,1-2H3;1-2H3;1H/i;;1+1. The van der Waals surface area contributed by atoms with Crippen molar-refractivity contribution in [3.63, 3.8) is 0 Å². The number of hydrogen-bond donors (Lipinski definition) is 0. The Kier molecular flexibility index (Phi) is 5.60. The first-order valence-electron chi connectivity index (χ1n) is 4.51. The molecule has 0 heterocycles. The molecule has 0 saturated heterocycles. The lowest BCUT2D eigenvalue weighted by Crippen LogP contribution is -2.22. The van der Waals surface area contributed by atoms with Gasteiger partial charge in [-0.25, -0.2) is 0 Å². The minimum absolute atomic E-state index is 0. The van der Waals surface area contributed by atoms with Crippen molar-refractivity contribution in [3.8, 4) is 0 Å². The summed E-state index contributed by atoms with van der Waals surface area (Å²) in [7, 11) is 1.76. The highest BCUT2D eigenvalue weighted by atomic mass is 16.2. The maximum absolute atomic E-state index is 10.9. The van der Waals surface area contributed by atoms with Crippen LogP contribution in [0.2, 0.25) is 0 Å². The van der Waals surface area contributed by atoms with E-state index in [0.717, 1.165) is 5.69 Å². The molecule has 0 aliphatic rings.